The van der Waals surface area contributed by atoms with Gasteiger partial charge in [-0.1, -0.05) is 19.1 Å². The largest absolute Gasteiger partial charge is 0.493 e. The number of nitrogens with one attached hydrogen (secondary N) is 1. The molecule has 1 N–H and O–H groups in total. The van der Waals surface area contributed by atoms with Gasteiger partial charge in [-0.3, -0.25) is 4.79 Å². The molecular weight excluding hydrogens is 396 g/mol. The standard InChI is InChI=1S/C20H23BrN2O3/c1-4-10-23-19(22-16-9-7-6-8-14(16)20(23)24)13-11-15(21)18(26-5-2)17(12-13)25-3/h6-9,11-12,19,22H,4-5,10H2,1-3H3/t19-/m1/s1. The third kappa shape index (κ3) is 3.38. The van der Waals surface area contributed by atoms with Crippen molar-refractivity contribution >= 4 is 27.5 Å². The molecule has 0 saturated carbocycles. The van der Waals surface area contributed by atoms with Gasteiger partial charge in [0.1, 0.15) is 6.17 Å². The first kappa shape index (κ1) is 18.6. The number of anilines is 1. The Hall–Kier alpha value is -2.21. The quantitative estimate of drug-likeness (QED) is 0.729. The van der Waals surface area contributed by atoms with E-state index in [1.165, 1.54) is 0 Å². The lowest BCUT2D eigenvalue weighted by molar-refractivity contribution is 0.0683. The molecule has 0 radical (unpaired) electrons. The van der Waals surface area contributed by atoms with E-state index in [-0.39, 0.29) is 12.1 Å². The molecule has 2 aromatic rings. The van der Waals surface area contributed by atoms with Gasteiger partial charge in [-0.15, -0.1) is 0 Å². The summed E-state index contributed by atoms with van der Waals surface area (Å²) in [5.74, 6) is 1.35. The average Bonchev–Trinajstić information content (AvgIpc) is 2.65. The number of amides is 1. The summed E-state index contributed by atoms with van der Waals surface area (Å²) >= 11 is 3.58. The number of ether oxygens (including phenoxy) is 2. The molecule has 0 bridgehead atoms. The molecule has 26 heavy (non-hydrogen) atoms. The van der Waals surface area contributed by atoms with Crippen LogP contribution in [-0.2, 0) is 0 Å². The van der Waals surface area contributed by atoms with E-state index in [9.17, 15) is 4.79 Å². The molecule has 0 spiro atoms. The minimum absolute atomic E-state index is 0.0372. The van der Waals surface area contributed by atoms with Crippen molar-refractivity contribution in [2.45, 2.75) is 26.4 Å². The Bertz CT molecular complexity index is 810. The molecule has 138 valence electrons. The molecule has 0 saturated heterocycles. The minimum atomic E-state index is -0.266. The predicted octanol–water partition coefficient (Wildman–Crippen LogP) is 4.83. The van der Waals surface area contributed by atoms with Crippen molar-refractivity contribution in [3.63, 3.8) is 0 Å². The molecule has 0 fully saturated rings. The molecule has 6 heteroatoms. The van der Waals surface area contributed by atoms with E-state index in [0.29, 0.717) is 30.2 Å². The van der Waals surface area contributed by atoms with Crippen molar-refractivity contribution in [2.75, 3.05) is 25.6 Å². The molecule has 5 nitrogen and oxygen atoms in total. The first-order chi connectivity index (χ1) is 12.6. The zero-order chi connectivity index (χ0) is 18.7. The number of halogens is 1. The number of nitrogens with zero attached hydrogens (tertiary/aromatic N) is 1. The predicted molar refractivity (Wildman–Crippen MR) is 106 cm³/mol. The third-order valence-corrected chi connectivity index (χ3v) is 4.93. The van der Waals surface area contributed by atoms with Crippen molar-refractivity contribution in [3.8, 4) is 11.5 Å². The third-order valence-electron chi connectivity index (χ3n) is 4.34. The van der Waals surface area contributed by atoms with Crippen LogP contribution in [0.1, 0.15) is 42.4 Å². The molecule has 1 atom stereocenters. The molecule has 1 aliphatic heterocycles. The molecular formula is C20H23BrN2O3. The van der Waals surface area contributed by atoms with Crippen molar-refractivity contribution in [1.82, 2.24) is 4.90 Å². The molecule has 3 rings (SSSR count). The van der Waals surface area contributed by atoms with Crippen LogP contribution in [0.5, 0.6) is 11.5 Å². The smallest absolute Gasteiger partial charge is 0.257 e. The Morgan fingerprint density at radius 2 is 2.00 bits per heavy atom. The number of carbonyl (C=O) groups excluding carboxylic acids is 1. The number of benzene rings is 2. The number of rotatable bonds is 6. The maximum absolute atomic E-state index is 13.0. The van der Waals surface area contributed by atoms with E-state index >= 15 is 0 Å². The van der Waals surface area contributed by atoms with Crippen LogP contribution in [0.4, 0.5) is 5.69 Å². The Kier molecular flexibility index (Phi) is 5.71. The van der Waals surface area contributed by atoms with Crippen LogP contribution in [0.15, 0.2) is 40.9 Å². The van der Waals surface area contributed by atoms with E-state index in [0.717, 1.165) is 22.1 Å². The highest BCUT2D eigenvalue weighted by Gasteiger charge is 2.33. The lowest BCUT2D eigenvalue weighted by Gasteiger charge is -2.38. The summed E-state index contributed by atoms with van der Waals surface area (Å²) in [6, 6.07) is 11.5. The summed E-state index contributed by atoms with van der Waals surface area (Å²) in [7, 11) is 1.62. The molecule has 1 amide bonds. The Labute approximate surface area is 162 Å². The van der Waals surface area contributed by atoms with E-state index in [1.54, 1.807) is 7.11 Å². The van der Waals surface area contributed by atoms with Crippen LogP contribution in [0.25, 0.3) is 0 Å². The average molecular weight is 419 g/mol. The summed E-state index contributed by atoms with van der Waals surface area (Å²) in [6.07, 6.45) is 0.611. The fourth-order valence-electron chi connectivity index (χ4n) is 3.21. The minimum Gasteiger partial charge on any atom is -0.493 e. The van der Waals surface area contributed by atoms with E-state index < -0.39 is 0 Å². The highest BCUT2D eigenvalue weighted by Crippen LogP contribution is 2.41. The monoisotopic (exact) mass is 418 g/mol. The summed E-state index contributed by atoms with van der Waals surface area (Å²) in [5, 5.41) is 3.50. The van der Waals surface area contributed by atoms with Gasteiger partial charge in [0.05, 0.1) is 23.8 Å². The van der Waals surface area contributed by atoms with E-state index in [1.807, 2.05) is 48.2 Å². The van der Waals surface area contributed by atoms with Gasteiger partial charge in [-0.25, -0.2) is 0 Å². The van der Waals surface area contributed by atoms with Crippen LogP contribution in [0.2, 0.25) is 0 Å². The normalized spacial score (nSPS) is 16.1. The van der Waals surface area contributed by atoms with Gasteiger partial charge >= 0.3 is 0 Å². The maximum atomic E-state index is 13.0. The zero-order valence-electron chi connectivity index (χ0n) is 15.2. The molecule has 2 aromatic carbocycles. The SMILES string of the molecule is CCCN1C(=O)c2ccccc2N[C@H]1c1cc(Br)c(OCC)c(OC)c1. The maximum Gasteiger partial charge on any atom is 0.257 e. The van der Waals surface area contributed by atoms with E-state index in [4.69, 9.17) is 9.47 Å². The van der Waals surface area contributed by atoms with Gasteiger partial charge in [0.25, 0.3) is 5.91 Å². The van der Waals surface area contributed by atoms with Gasteiger partial charge in [0, 0.05) is 12.2 Å². The van der Waals surface area contributed by atoms with Crippen LogP contribution < -0.4 is 14.8 Å². The first-order valence-electron chi connectivity index (χ1n) is 8.77. The second-order valence-electron chi connectivity index (χ2n) is 6.06. The lowest BCUT2D eigenvalue weighted by atomic mass is 10.0. The van der Waals surface area contributed by atoms with Crippen LogP contribution >= 0.6 is 15.9 Å². The molecule has 1 aliphatic rings. The topological polar surface area (TPSA) is 50.8 Å². The summed E-state index contributed by atoms with van der Waals surface area (Å²) in [6.45, 7) is 5.21. The number of hydrogen-bond donors (Lipinski definition) is 1. The molecule has 0 aliphatic carbocycles. The van der Waals surface area contributed by atoms with Gasteiger partial charge in [-0.05, 0) is 59.1 Å². The number of fused-ring (bicyclic) bond motifs is 1. The lowest BCUT2D eigenvalue weighted by Crippen LogP contribution is -2.43. The van der Waals surface area contributed by atoms with Crippen molar-refractivity contribution in [3.05, 3.63) is 52.0 Å². The van der Waals surface area contributed by atoms with Gasteiger partial charge < -0.3 is 19.7 Å². The summed E-state index contributed by atoms with van der Waals surface area (Å²) in [4.78, 5) is 14.9. The van der Waals surface area contributed by atoms with Gasteiger partial charge in [0.15, 0.2) is 11.5 Å². The first-order valence-corrected chi connectivity index (χ1v) is 9.56. The van der Waals surface area contributed by atoms with Gasteiger partial charge in [0.2, 0.25) is 0 Å². The number of carbonyl (C=O) groups is 1. The van der Waals surface area contributed by atoms with Crippen molar-refractivity contribution in [2.24, 2.45) is 0 Å². The Balaban J connectivity index is 2.06. The van der Waals surface area contributed by atoms with Crippen molar-refractivity contribution < 1.29 is 14.3 Å². The van der Waals surface area contributed by atoms with E-state index in [2.05, 4.69) is 28.2 Å². The highest BCUT2D eigenvalue weighted by atomic mass is 79.9. The fourth-order valence-corrected chi connectivity index (χ4v) is 3.78. The molecule has 0 unspecified atom stereocenters. The summed E-state index contributed by atoms with van der Waals surface area (Å²) < 4.78 is 12.0. The fraction of sp³-hybridized carbons (Fsp3) is 0.350. The molecule has 1 heterocycles. The molecule has 0 aromatic heterocycles. The number of methoxy groups -OCH3 is 1. The zero-order valence-corrected chi connectivity index (χ0v) is 16.8. The number of para-hydroxylation sites is 1. The Morgan fingerprint density at radius 1 is 1.23 bits per heavy atom. The van der Waals surface area contributed by atoms with Crippen LogP contribution in [0, 0.1) is 0 Å². The van der Waals surface area contributed by atoms with Crippen LogP contribution in [-0.4, -0.2) is 31.1 Å². The number of hydrogen-bond acceptors (Lipinski definition) is 4. The summed E-state index contributed by atoms with van der Waals surface area (Å²) in [5.41, 5.74) is 2.49. The Morgan fingerprint density at radius 3 is 2.69 bits per heavy atom. The van der Waals surface area contributed by atoms with Gasteiger partial charge in [-0.2, -0.15) is 0 Å². The second kappa shape index (κ2) is 7.99. The van der Waals surface area contributed by atoms with Crippen LogP contribution in [0.3, 0.4) is 0 Å². The highest BCUT2D eigenvalue weighted by molar-refractivity contribution is 9.10. The van der Waals surface area contributed by atoms with Crippen molar-refractivity contribution in [1.29, 1.82) is 0 Å². The second-order valence-corrected chi connectivity index (χ2v) is 6.91.